The highest BCUT2D eigenvalue weighted by molar-refractivity contribution is 5.96. The minimum atomic E-state index is -0.757. The average Bonchev–Trinajstić information content (AvgIpc) is 2.38. The average molecular weight is 244 g/mol. The molecule has 0 heterocycles. The van der Waals surface area contributed by atoms with Crippen LogP contribution >= 0.6 is 0 Å². The summed E-state index contributed by atoms with van der Waals surface area (Å²) in [5, 5.41) is 12.1. The second-order valence-corrected chi connectivity index (χ2v) is 4.67. The van der Waals surface area contributed by atoms with Crippen LogP contribution in [0.4, 0.5) is 0 Å². The molecule has 1 N–H and O–H groups in total. The number of carbonyl (C=O) groups is 1. The molecule has 0 spiro atoms. The van der Waals surface area contributed by atoms with E-state index in [1.165, 1.54) is 0 Å². The first-order valence-corrected chi connectivity index (χ1v) is 6.29. The van der Waals surface area contributed by atoms with E-state index in [1.54, 1.807) is 0 Å². The molecule has 0 radical (unpaired) electrons. The van der Waals surface area contributed by atoms with Crippen LogP contribution in [0.5, 0.6) is 0 Å². The Kier molecular flexibility index (Phi) is 4.49. The lowest BCUT2D eigenvalue weighted by Gasteiger charge is -2.25. The maximum atomic E-state index is 12.2. The van der Waals surface area contributed by atoms with E-state index >= 15 is 0 Å². The maximum Gasteiger partial charge on any atom is 0.252 e. The van der Waals surface area contributed by atoms with Gasteiger partial charge in [0.25, 0.3) is 5.91 Å². The van der Waals surface area contributed by atoms with E-state index in [0.29, 0.717) is 18.4 Å². The fourth-order valence-corrected chi connectivity index (χ4v) is 1.88. The van der Waals surface area contributed by atoms with E-state index in [9.17, 15) is 10.1 Å². The molecule has 18 heavy (non-hydrogen) atoms. The van der Waals surface area contributed by atoms with Crippen molar-refractivity contribution in [3.63, 3.8) is 0 Å². The summed E-state index contributed by atoms with van der Waals surface area (Å²) in [4.78, 5) is 12.2. The van der Waals surface area contributed by atoms with Crippen molar-refractivity contribution in [3.05, 3.63) is 34.9 Å². The number of benzene rings is 1. The van der Waals surface area contributed by atoms with Gasteiger partial charge in [0.15, 0.2) is 0 Å². The molecule has 0 fully saturated rings. The van der Waals surface area contributed by atoms with Crippen molar-refractivity contribution in [2.75, 3.05) is 0 Å². The molecular formula is C15H20N2O. The van der Waals surface area contributed by atoms with Gasteiger partial charge < -0.3 is 5.32 Å². The number of hydrogen-bond donors (Lipinski definition) is 1. The van der Waals surface area contributed by atoms with Crippen LogP contribution in [0, 0.1) is 25.2 Å². The lowest BCUT2D eigenvalue weighted by atomic mass is 9.93. The highest BCUT2D eigenvalue weighted by Gasteiger charge is 2.28. The molecule has 1 aromatic carbocycles. The van der Waals surface area contributed by atoms with Crippen molar-refractivity contribution in [2.45, 2.75) is 46.1 Å². The van der Waals surface area contributed by atoms with Crippen molar-refractivity contribution < 1.29 is 4.79 Å². The molecule has 0 bridgehead atoms. The minimum absolute atomic E-state index is 0.165. The molecule has 1 amide bonds. The Hall–Kier alpha value is -1.82. The highest BCUT2D eigenvalue weighted by Crippen LogP contribution is 2.17. The zero-order chi connectivity index (χ0) is 13.8. The van der Waals surface area contributed by atoms with E-state index in [0.717, 1.165) is 11.1 Å². The monoisotopic (exact) mass is 244 g/mol. The largest absolute Gasteiger partial charge is 0.334 e. The molecule has 0 aliphatic carbocycles. The summed E-state index contributed by atoms with van der Waals surface area (Å²) in [6.45, 7) is 7.68. The molecule has 0 unspecified atom stereocenters. The third kappa shape index (κ3) is 2.89. The van der Waals surface area contributed by atoms with Gasteiger partial charge in [-0.25, -0.2) is 0 Å². The minimum Gasteiger partial charge on any atom is -0.334 e. The summed E-state index contributed by atoms with van der Waals surface area (Å²) < 4.78 is 0. The van der Waals surface area contributed by atoms with E-state index in [1.807, 2.05) is 45.9 Å². The zero-order valence-electron chi connectivity index (χ0n) is 11.5. The Labute approximate surface area is 109 Å². The number of rotatable bonds is 4. The Morgan fingerprint density at radius 2 is 1.94 bits per heavy atom. The molecule has 1 rings (SSSR count). The summed E-state index contributed by atoms with van der Waals surface area (Å²) in [7, 11) is 0. The molecule has 0 atom stereocenters. The van der Waals surface area contributed by atoms with E-state index in [2.05, 4.69) is 11.4 Å². The number of amides is 1. The first kappa shape index (κ1) is 14.2. The molecule has 0 saturated heterocycles. The Balaban J connectivity index is 3.02. The zero-order valence-corrected chi connectivity index (χ0v) is 11.5. The van der Waals surface area contributed by atoms with E-state index in [-0.39, 0.29) is 5.91 Å². The van der Waals surface area contributed by atoms with E-state index < -0.39 is 5.54 Å². The number of nitrogens with one attached hydrogen (secondary N) is 1. The van der Waals surface area contributed by atoms with Crippen LogP contribution in [0.25, 0.3) is 0 Å². The standard InChI is InChI=1S/C15H20N2O/c1-5-15(6-2,10-16)17-14(18)13-9-11(3)7-8-12(13)4/h7-9H,5-6H2,1-4H3,(H,17,18). The van der Waals surface area contributed by atoms with Crippen LogP contribution in [0.2, 0.25) is 0 Å². The summed E-state index contributed by atoms with van der Waals surface area (Å²) in [6.07, 6.45) is 1.22. The second kappa shape index (κ2) is 5.68. The Morgan fingerprint density at radius 3 is 2.44 bits per heavy atom. The third-order valence-electron chi connectivity index (χ3n) is 3.41. The predicted molar refractivity (Wildman–Crippen MR) is 72.3 cm³/mol. The van der Waals surface area contributed by atoms with Gasteiger partial charge >= 0.3 is 0 Å². The van der Waals surface area contributed by atoms with Crippen molar-refractivity contribution >= 4 is 5.91 Å². The molecule has 0 aromatic heterocycles. The number of carbonyl (C=O) groups excluding carboxylic acids is 1. The van der Waals surface area contributed by atoms with Gasteiger partial charge in [0, 0.05) is 5.56 Å². The number of nitrogens with zero attached hydrogens (tertiary/aromatic N) is 1. The van der Waals surface area contributed by atoms with Crippen LogP contribution in [-0.4, -0.2) is 11.4 Å². The molecule has 0 aliphatic rings. The van der Waals surface area contributed by atoms with E-state index in [4.69, 9.17) is 0 Å². The van der Waals surface area contributed by atoms with Gasteiger partial charge in [0.1, 0.15) is 5.54 Å². The Bertz CT molecular complexity index is 482. The second-order valence-electron chi connectivity index (χ2n) is 4.67. The van der Waals surface area contributed by atoms with Crippen molar-refractivity contribution in [1.29, 1.82) is 5.26 Å². The van der Waals surface area contributed by atoms with Gasteiger partial charge in [-0.05, 0) is 38.3 Å². The van der Waals surface area contributed by atoms with Gasteiger partial charge in [0.05, 0.1) is 6.07 Å². The molecule has 96 valence electrons. The summed E-state index contributed by atoms with van der Waals surface area (Å²) >= 11 is 0. The van der Waals surface area contributed by atoms with Gasteiger partial charge in [-0.2, -0.15) is 5.26 Å². The Morgan fingerprint density at radius 1 is 1.33 bits per heavy atom. The fourth-order valence-electron chi connectivity index (χ4n) is 1.88. The quantitative estimate of drug-likeness (QED) is 0.884. The molecule has 3 nitrogen and oxygen atoms in total. The highest BCUT2D eigenvalue weighted by atomic mass is 16.1. The maximum absolute atomic E-state index is 12.2. The molecule has 3 heteroatoms. The van der Waals surface area contributed by atoms with Crippen LogP contribution in [0.3, 0.4) is 0 Å². The van der Waals surface area contributed by atoms with Gasteiger partial charge in [-0.1, -0.05) is 31.5 Å². The summed E-state index contributed by atoms with van der Waals surface area (Å²) in [5.74, 6) is -0.165. The topological polar surface area (TPSA) is 52.9 Å². The summed E-state index contributed by atoms with van der Waals surface area (Å²) in [6, 6.07) is 7.98. The normalized spacial score (nSPS) is 10.8. The van der Waals surface area contributed by atoms with Crippen molar-refractivity contribution in [2.24, 2.45) is 0 Å². The number of hydrogen-bond acceptors (Lipinski definition) is 2. The van der Waals surface area contributed by atoms with Crippen LogP contribution in [0.15, 0.2) is 18.2 Å². The third-order valence-corrected chi connectivity index (χ3v) is 3.41. The first-order chi connectivity index (χ1) is 8.48. The number of nitriles is 1. The van der Waals surface area contributed by atoms with Gasteiger partial charge in [-0.15, -0.1) is 0 Å². The van der Waals surface area contributed by atoms with Gasteiger partial charge in [0.2, 0.25) is 0 Å². The fraction of sp³-hybridized carbons (Fsp3) is 0.467. The predicted octanol–water partition coefficient (Wildman–Crippen LogP) is 3.12. The van der Waals surface area contributed by atoms with Gasteiger partial charge in [-0.3, -0.25) is 4.79 Å². The van der Waals surface area contributed by atoms with Crippen molar-refractivity contribution in [1.82, 2.24) is 5.32 Å². The molecule has 0 saturated carbocycles. The van der Waals surface area contributed by atoms with Crippen LogP contribution in [0.1, 0.15) is 48.2 Å². The summed E-state index contributed by atoms with van der Waals surface area (Å²) in [5.41, 5.74) is 1.86. The lowest BCUT2D eigenvalue weighted by Crippen LogP contribution is -2.46. The number of aryl methyl sites for hydroxylation is 2. The lowest BCUT2D eigenvalue weighted by molar-refractivity contribution is 0.0915. The molecule has 0 aliphatic heterocycles. The first-order valence-electron chi connectivity index (χ1n) is 6.29. The van der Waals surface area contributed by atoms with Crippen molar-refractivity contribution in [3.8, 4) is 6.07 Å². The van der Waals surface area contributed by atoms with Crippen LogP contribution < -0.4 is 5.32 Å². The molecular weight excluding hydrogens is 224 g/mol. The smallest absolute Gasteiger partial charge is 0.252 e. The SMILES string of the molecule is CCC(C#N)(CC)NC(=O)c1cc(C)ccc1C. The van der Waals surface area contributed by atoms with Crippen LogP contribution in [-0.2, 0) is 0 Å². The molecule has 1 aromatic rings.